The molecule has 0 bridgehead atoms. The highest BCUT2D eigenvalue weighted by Gasteiger charge is 2.42. The lowest BCUT2D eigenvalue weighted by Crippen LogP contribution is -2.44. The lowest BCUT2D eigenvalue weighted by molar-refractivity contribution is -0.130. The number of benzene rings is 2. The quantitative estimate of drug-likeness (QED) is 0.793. The fourth-order valence-electron chi connectivity index (χ4n) is 3.66. The summed E-state index contributed by atoms with van der Waals surface area (Å²) in [6.45, 7) is 5.66. The molecule has 1 fully saturated rings. The number of anilines is 1. The SMILES string of the molecule is CCc1cc(C(F)(F)C(Cc2ccccc2)OC)ccc1N1CCNCC1. The second kappa shape index (κ2) is 8.81. The summed E-state index contributed by atoms with van der Waals surface area (Å²) in [4.78, 5) is 2.27. The lowest BCUT2D eigenvalue weighted by Gasteiger charge is -2.32. The first-order valence-corrected chi connectivity index (χ1v) is 9.59. The highest BCUT2D eigenvalue weighted by Crippen LogP contribution is 2.37. The Morgan fingerprint density at radius 2 is 1.81 bits per heavy atom. The Bertz CT molecular complexity index is 730. The molecular weight excluding hydrogens is 346 g/mol. The first-order valence-electron chi connectivity index (χ1n) is 9.59. The molecular formula is C22H28F2N2O. The standard InChI is InChI=1S/C22H28F2N2O/c1-3-18-16-19(9-10-20(18)26-13-11-25-12-14-26)22(23,24)21(27-2)15-17-7-5-4-6-8-17/h4-10,16,21,25H,3,11-15H2,1-2H3. The van der Waals surface area contributed by atoms with Crippen molar-refractivity contribution in [2.45, 2.75) is 31.8 Å². The van der Waals surface area contributed by atoms with Gasteiger partial charge in [0.15, 0.2) is 0 Å². The smallest absolute Gasteiger partial charge is 0.299 e. The summed E-state index contributed by atoms with van der Waals surface area (Å²) in [7, 11) is 1.36. The molecule has 3 nitrogen and oxygen atoms in total. The van der Waals surface area contributed by atoms with Crippen molar-refractivity contribution < 1.29 is 13.5 Å². The fourth-order valence-corrected chi connectivity index (χ4v) is 3.66. The number of halogens is 2. The van der Waals surface area contributed by atoms with Crippen LogP contribution in [0.25, 0.3) is 0 Å². The minimum Gasteiger partial charge on any atom is -0.374 e. The molecule has 146 valence electrons. The van der Waals surface area contributed by atoms with Gasteiger partial charge in [0.25, 0.3) is 5.92 Å². The van der Waals surface area contributed by atoms with Crippen LogP contribution >= 0.6 is 0 Å². The van der Waals surface area contributed by atoms with E-state index < -0.39 is 12.0 Å². The van der Waals surface area contributed by atoms with E-state index in [4.69, 9.17) is 4.74 Å². The molecule has 1 heterocycles. The number of aryl methyl sites for hydroxylation is 1. The van der Waals surface area contributed by atoms with E-state index in [0.717, 1.165) is 49.4 Å². The third-order valence-electron chi connectivity index (χ3n) is 5.26. The first-order chi connectivity index (χ1) is 13.1. The summed E-state index contributed by atoms with van der Waals surface area (Å²) in [6, 6.07) is 14.4. The molecule has 0 radical (unpaired) electrons. The van der Waals surface area contributed by atoms with E-state index in [-0.39, 0.29) is 12.0 Å². The highest BCUT2D eigenvalue weighted by atomic mass is 19.3. The number of nitrogens with one attached hydrogen (secondary N) is 1. The van der Waals surface area contributed by atoms with E-state index in [9.17, 15) is 0 Å². The van der Waals surface area contributed by atoms with Crippen LogP contribution in [0.4, 0.5) is 14.5 Å². The van der Waals surface area contributed by atoms with Gasteiger partial charge in [-0.05, 0) is 29.7 Å². The zero-order chi connectivity index (χ0) is 19.3. The van der Waals surface area contributed by atoms with Gasteiger partial charge in [-0.3, -0.25) is 0 Å². The molecule has 1 aliphatic heterocycles. The topological polar surface area (TPSA) is 24.5 Å². The number of hydrogen-bond donors (Lipinski definition) is 1. The van der Waals surface area contributed by atoms with Crippen LogP contribution in [0.2, 0.25) is 0 Å². The molecule has 1 N–H and O–H groups in total. The monoisotopic (exact) mass is 374 g/mol. The van der Waals surface area contributed by atoms with Gasteiger partial charge in [-0.25, -0.2) is 0 Å². The van der Waals surface area contributed by atoms with Crippen LogP contribution in [-0.2, 0) is 23.5 Å². The number of piperazine rings is 1. The summed E-state index contributed by atoms with van der Waals surface area (Å²) >= 11 is 0. The van der Waals surface area contributed by atoms with Gasteiger partial charge in [-0.2, -0.15) is 8.78 Å². The molecule has 1 saturated heterocycles. The number of nitrogens with zero attached hydrogens (tertiary/aromatic N) is 1. The molecule has 1 unspecified atom stereocenters. The van der Waals surface area contributed by atoms with Gasteiger partial charge in [0.1, 0.15) is 6.10 Å². The average molecular weight is 374 g/mol. The summed E-state index contributed by atoms with van der Waals surface area (Å²) in [5, 5.41) is 3.33. The van der Waals surface area contributed by atoms with Crippen LogP contribution in [0.3, 0.4) is 0 Å². The molecule has 0 aromatic heterocycles. The second-order valence-electron chi connectivity index (χ2n) is 6.97. The maximum absolute atomic E-state index is 15.2. The largest absolute Gasteiger partial charge is 0.374 e. The minimum atomic E-state index is -3.06. The second-order valence-corrected chi connectivity index (χ2v) is 6.97. The fraction of sp³-hybridized carbons (Fsp3) is 0.455. The third kappa shape index (κ3) is 4.47. The summed E-state index contributed by atoms with van der Waals surface area (Å²) in [6.07, 6.45) is -0.306. The Morgan fingerprint density at radius 1 is 1.11 bits per heavy atom. The number of rotatable bonds is 7. The first kappa shape index (κ1) is 19.8. The Balaban J connectivity index is 1.86. The van der Waals surface area contributed by atoms with Crippen LogP contribution in [0, 0.1) is 0 Å². The van der Waals surface area contributed by atoms with Gasteiger partial charge in [0.2, 0.25) is 0 Å². The van der Waals surface area contributed by atoms with Crippen LogP contribution in [-0.4, -0.2) is 39.4 Å². The number of hydrogen-bond acceptors (Lipinski definition) is 3. The number of alkyl halides is 2. The van der Waals surface area contributed by atoms with E-state index >= 15 is 8.78 Å². The average Bonchev–Trinajstić information content (AvgIpc) is 2.72. The lowest BCUT2D eigenvalue weighted by atomic mass is 9.94. The van der Waals surface area contributed by atoms with Crippen LogP contribution in [0.15, 0.2) is 48.5 Å². The Kier molecular flexibility index (Phi) is 6.45. The van der Waals surface area contributed by atoms with E-state index in [1.165, 1.54) is 7.11 Å². The van der Waals surface area contributed by atoms with Gasteiger partial charge in [0, 0.05) is 51.0 Å². The predicted octanol–water partition coefficient (Wildman–Crippen LogP) is 4.01. The van der Waals surface area contributed by atoms with E-state index in [0.29, 0.717) is 0 Å². The maximum Gasteiger partial charge on any atom is 0.299 e. The molecule has 0 aliphatic carbocycles. The molecule has 3 rings (SSSR count). The van der Waals surface area contributed by atoms with Crippen molar-refractivity contribution in [3.63, 3.8) is 0 Å². The van der Waals surface area contributed by atoms with Crippen LogP contribution in [0.1, 0.15) is 23.6 Å². The van der Waals surface area contributed by atoms with Crippen molar-refractivity contribution in [3.05, 3.63) is 65.2 Å². The van der Waals surface area contributed by atoms with Gasteiger partial charge in [-0.1, -0.05) is 43.3 Å². The summed E-state index contributed by atoms with van der Waals surface area (Å²) < 4.78 is 35.7. The van der Waals surface area contributed by atoms with Gasteiger partial charge in [-0.15, -0.1) is 0 Å². The van der Waals surface area contributed by atoms with Crippen LogP contribution < -0.4 is 10.2 Å². The normalized spacial score (nSPS) is 16.4. The van der Waals surface area contributed by atoms with Crippen LogP contribution in [0.5, 0.6) is 0 Å². The molecule has 2 aromatic carbocycles. The zero-order valence-corrected chi connectivity index (χ0v) is 16.1. The Labute approximate surface area is 160 Å². The van der Waals surface area contributed by atoms with Gasteiger partial charge < -0.3 is 15.0 Å². The van der Waals surface area contributed by atoms with Crippen molar-refractivity contribution in [1.29, 1.82) is 0 Å². The molecule has 1 atom stereocenters. The summed E-state index contributed by atoms with van der Waals surface area (Å²) in [5.74, 6) is -3.06. The van der Waals surface area contributed by atoms with Crippen molar-refractivity contribution in [3.8, 4) is 0 Å². The molecule has 5 heteroatoms. The third-order valence-corrected chi connectivity index (χ3v) is 5.26. The number of ether oxygens (including phenoxy) is 1. The summed E-state index contributed by atoms with van der Waals surface area (Å²) in [5.41, 5.74) is 2.90. The maximum atomic E-state index is 15.2. The number of methoxy groups -OCH3 is 1. The van der Waals surface area contributed by atoms with E-state index in [1.807, 2.05) is 43.3 Å². The van der Waals surface area contributed by atoms with Crippen molar-refractivity contribution in [1.82, 2.24) is 5.32 Å². The predicted molar refractivity (Wildman–Crippen MR) is 106 cm³/mol. The van der Waals surface area contributed by atoms with E-state index in [2.05, 4.69) is 10.2 Å². The van der Waals surface area contributed by atoms with Crippen molar-refractivity contribution in [2.75, 3.05) is 38.2 Å². The highest BCUT2D eigenvalue weighted by molar-refractivity contribution is 5.56. The molecule has 0 saturated carbocycles. The Hall–Kier alpha value is -1.98. The molecule has 1 aliphatic rings. The van der Waals surface area contributed by atoms with Crippen molar-refractivity contribution >= 4 is 5.69 Å². The van der Waals surface area contributed by atoms with Gasteiger partial charge >= 0.3 is 0 Å². The van der Waals surface area contributed by atoms with E-state index in [1.54, 1.807) is 12.1 Å². The minimum absolute atomic E-state index is 0.0287. The molecule has 0 spiro atoms. The molecule has 27 heavy (non-hydrogen) atoms. The van der Waals surface area contributed by atoms with Crippen molar-refractivity contribution in [2.24, 2.45) is 0 Å². The molecule has 2 aromatic rings. The zero-order valence-electron chi connectivity index (χ0n) is 16.1. The van der Waals surface area contributed by atoms with Gasteiger partial charge in [0.05, 0.1) is 0 Å². The molecule has 0 amide bonds. The Morgan fingerprint density at radius 3 is 2.44 bits per heavy atom.